The summed E-state index contributed by atoms with van der Waals surface area (Å²) in [6.07, 6.45) is 5.07. The molecular weight excluding hydrogens is 502 g/mol. The summed E-state index contributed by atoms with van der Waals surface area (Å²) >= 11 is 1.65. The van der Waals surface area contributed by atoms with Crippen LogP contribution in [-0.2, 0) is 14.4 Å². The first-order chi connectivity index (χ1) is 18.3. The predicted octanol–water partition coefficient (Wildman–Crippen LogP) is 3.83. The first-order valence-electron chi connectivity index (χ1n) is 14.2. The minimum atomic E-state index is -0.684. The number of amides is 3. The number of anilines is 1. The quantitative estimate of drug-likeness (QED) is 0.325. The number of carbonyl (C=O) groups is 3. The van der Waals surface area contributed by atoms with Crippen LogP contribution < -0.4 is 15.4 Å². The van der Waals surface area contributed by atoms with Gasteiger partial charge in [-0.05, 0) is 62.8 Å². The highest BCUT2D eigenvalue weighted by Gasteiger charge is 2.74. The largest absolute Gasteiger partial charge is 0.494 e. The van der Waals surface area contributed by atoms with Gasteiger partial charge >= 0.3 is 0 Å². The van der Waals surface area contributed by atoms with E-state index in [1.165, 1.54) is 0 Å². The lowest BCUT2D eigenvalue weighted by molar-refractivity contribution is -0.142. The molecule has 1 spiro atoms. The number of likely N-dealkylation sites (tertiary alicyclic amines) is 1. The van der Waals surface area contributed by atoms with Gasteiger partial charge in [0.1, 0.15) is 11.8 Å². The van der Waals surface area contributed by atoms with Gasteiger partial charge in [0, 0.05) is 17.5 Å². The van der Waals surface area contributed by atoms with Crippen molar-refractivity contribution in [1.29, 1.82) is 0 Å². The zero-order valence-corrected chi connectivity index (χ0v) is 23.9. The number of hydrogen-bond acceptors (Lipinski definition) is 6. The number of nitrogens with zero attached hydrogens (tertiary/aromatic N) is 1. The molecule has 0 radical (unpaired) electrons. The third kappa shape index (κ3) is 5.41. The molecule has 6 atom stereocenters. The van der Waals surface area contributed by atoms with Gasteiger partial charge in [-0.15, -0.1) is 11.8 Å². The first-order valence-corrected chi connectivity index (χ1v) is 15.1. The molecule has 3 saturated heterocycles. The Labute approximate surface area is 230 Å². The lowest BCUT2D eigenvalue weighted by Gasteiger charge is -2.37. The molecule has 38 heavy (non-hydrogen) atoms. The van der Waals surface area contributed by atoms with Crippen LogP contribution in [0, 0.1) is 17.8 Å². The van der Waals surface area contributed by atoms with Gasteiger partial charge in [0.25, 0.3) is 0 Å². The fourth-order valence-electron chi connectivity index (χ4n) is 6.61. The number of aliphatic hydroxyl groups excluding tert-OH is 1. The summed E-state index contributed by atoms with van der Waals surface area (Å²) in [7, 11) is 0. The number of carbonyl (C=O) groups excluding carboxylic acids is 3. The maximum absolute atomic E-state index is 14.2. The molecule has 1 aromatic rings. The molecule has 3 fully saturated rings. The van der Waals surface area contributed by atoms with Crippen LogP contribution in [-0.4, -0.2) is 69.6 Å². The summed E-state index contributed by atoms with van der Waals surface area (Å²) in [6.45, 7) is 9.06. The average molecular weight is 546 g/mol. The van der Waals surface area contributed by atoms with Crippen LogP contribution in [0.5, 0.6) is 5.75 Å². The van der Waals surface area contributed by atoms with E-state index in [4.69, 9.17) is 4.74 Å². The van der Waals surface area contributed by atoms with E-state index < -0.39 is 28.7 Å². The van der Waals surface area contributed by atoms with Gasteiger partial charge in [-0.25, -0.2) is 0 Å². The Balaban J connectivity index is 1.61. The fourth-order valence-corrected chi connectivity index (χ4v) is 8.82. The van der Waals surface area contributed by atoms with Crippen LogP contribution in [0.4, 0.5) is 5.69 Å². The lowest BCUT2D eigenvalue weighted by atomic mass is 9.70. The van der Waals surface area contributed by atoms with E-state index in [9.17, 15) is 19.5 Å². The highest BCUT2D eigenvalue weighted by molar-refractivity contribution is 8.02. The van der Waals surface area contributed by atoms with Crippen molar-refractivity contribution in [2.45, 2.75) is 88.3 Å². The molecule has 3 aliphatic heterocycles. The Morgan fingerprint density at radius 3 is 2.55 bits per heavy atom. The average Bonchev–Trinajstić information content (AvgIpc) is 3.53. The maximum Gasteiger partial charge on any atom is 0.244 e. The molecule has 3 heterocycles. The summed E-state index contributed by atoms with van der Waals surface area (Å²) < 4.78 is 4.85. The second kappa shape index (κ2) is 12.3. The zero-order chi connectivity index (χ0) is 27.4. The van der Waals surface area contributed by atoms with E-state index in [-0.39, 0.29) is 35.5 Å². The molecule has 3 N–H and O–H groups in total. The van der Waals surface area contributed by atoms with E-state index in [0.29, 0.717) is 25.3 Å². The summed E-state index contributed by atoms with van der Waals surface area (Å²) in [6, 6.07) is 6.10. The maximum atomic E-state index is 14.2. The molecular formula is C29H43N3O5S. The van der Waals surface area contributed by atoms with E-state index in [1.54, 1.807) is 28.8 Å². The topological polar surface area (TPSA) is 108 Å². The van der Waals surface area contributed by atoms with Crippen molar-refractivity contribution in [3.8, 4) is 5.75 Å². The number of thioether (sulfide) groups is 1. The Morgan fingerprint density at radius 2 is 1.92 bits per heavy atom. The van der Waals surface area contributed by atoms with Crippen LogP contribution in [0.15, 0.2) is 24.3 Å². The summed E-state index contributed by atoms with van der Waals surface area (Å²) in [5.74, 6) is -0.628. The van der Waals surface area contributed by atoms with Gasteiger partial charge in [-0.1, -0.05) is 33.6 Å². The van der Waals surface area contributed by atoms with Crippen LogP contribution >= 0.6 is 11.8 Å². The number of benzene rings is 1. The van der Waals surface area contributed by atoms with Gasteiger partial charge in [0.2, 0.25) is 17.7 Å². The van der Waals surface area contributed by atoms with Crippen molar-refractivity contribution in [3.63, 3.8) is 0 Å². The number of nitrogens with one attached hydrogen (secondary N) is 2. The lowest BCUT2D eigenvalue weighted by Crippen LogP contribution is -2.56. The van der Waals surface area contributed by atoms with E-state index in [0.717, 1.165) is 37.9 Å². The molecule has 1 aromatic carbocycles. The highest BCUT2D eigenvalue weighted by atomic mass is 32.2. The first kappa shape index (κ1) is 28.7. The van der Waals surface area contributed by atoms with Crippen LogP contribution in [0.2, 0.25) is 0 Å². The van der Waals surface area contributed by atoms with Gasteiger partial charge in [0.15, 0.2) is 0 Å². The molecule has 8 nitrogen and oxygen atoms in total. The molecule has 2 unspecified atom stereocenters. The molecule has 3 amide bonds. The molecule has 210 valence electrons. The number of aliphatic hydroxyl groups is 1. The third-order valence-corrected chi connectivity index (χ3v) is 10.1. The molecule has 9 heteroatoms. The van der Waals surface area contributed by atoms with Gasteiger partial charge in [-0.3, -0.25) is 14.4 Å². The summed E-state index contributed by atoms with van der Waals surface area (Å²) in [5, 5.41) is 16.4. The van der Waals surface area contributed by atoms with Gasteiger partial charge in [0.05, 0.1) is 35.8 Å². The molecule has 2 bridgehead atoms. The number of fused-ring (bicyclic) bond motifs is 1. The van der Waals surface area contributed by atoms with Crippen molar-refractivity contribution >= 4 is 35.2 Å². The summed E-state index contributed by atoms with van der Waals surface area (Å²) in [4.78, 5) is 43.2. The normalized spacial score (nSPS) is 28.5. The van der Waals surface area contributed by atoms with Crippen molar-refractivity contribution in [2.75, 3.05) is 25.1 Å². The fraction of sp³-hybridized carbons (Fsp3) is 0.690. The standard InChI is InChI=1S/C29H43N3O5S/c1-5-7-8-15-30-27(35)25-29-14-13-22(38-29)23(24(29)28(36)32(25)20(17-33)16-18(3)4)26(34)31-19-9-11-21(12-10-19)37-6-2/h9-12,18,20,22-25,33H,5-8,13-17H2,1-4H3,(H,30,35)(H,31,34)/t20-,22+,23-,24+,25?,29?/m1/s1. The molecule has 0 aliphatic carbocycles. The minimum absolute atomic E-state index is 0.0122. The predicted molar refractivity (Wildman–Crippen MR) is 150 cm³/mol. The second-order valence-corrected chi connectivity index (χ2v) is 12.8. The molecule has 0 saturated carbocycles. The van der Waals surface area contributed by atoms with Crippen molar-refractivity contribution in [1.82, 2.24) is 10.2 Å². The SMILES string of the molecule is CCCCCNC(=O)C1N([C@@H](CO)CC(C)C)C(=O)[C@@H]2[C@H](C(=O)Nc3ccc(OCC)cc3)[C@@H]3CCC12S3. The Morgan fingerprint density at radius 1 is 1.18 bits per heavy atom. The van der Waals surface area contributed by atoms with Crippen molar-refractivity contribution < 1.29 is 24.2 Å². The number of hydrogen-bond donors (Lipinski definition) is 3. The van der Waals surface area contributed by atoms with Gasteiger partial charge in [-0.2, -0.15) is 0 Å². The van der Waals surface area contributed by atoms with E-state index in [1.807, 2.05) is 19.1 Å². The smallest absolute Gasteiger partial charge is 0.244 e. The number of ether oxygens (including phenoxy) is 1. The molecule has 0 aromatic heterocycles. The van der Waals surface area contributed by atoms with Gasteiger partial charge < -0.3 is 25.4 Å². The summed E-state index contributed by atoms with van der Waals surface area (Å²) in [5.41, 5.74) is 0.654. The molecule has 4 rings (SSSR count). The minimum Gasteiger partial charge on any atom is -0.494 e. The monoisotopic (exact) mass is 545 g/mol. The second-order valence-electron chi connectivity index (χ2n) is 11.2. The van der Waals surface area contributed by atoms with E-state index in [2.05, 4.69) is 31.4 Å². The number of unbranched alkanes of at least 4 members (excludes halogenated alkanes) is 2. The van der Waals surface area contributed by atoms with Crippen molar-refractivity contribution in [2.24, 2.45) is 17.8 Å². The Hall–Kier alpha value is -2.26. The van der Waals surface area contributed by atoms with Crippen LogP contribution in [0.1, 0.15) is 66.2 Å². The highest BCUT2D eigenvalue weighted by Crippen LogP contribution is 2.66. The van der Waals surface area contributed by atoms with Crippen molar-refractivity contribution in [3.05, 3.63) is 24.3 Å². The number of rotatable bonds is 13. The zero-order valence-electron chi connectivity index (χ0n) is 23.1. The molecule has 3 aliphatic rings. The Bertz CT molecular complexity index is 1000. The van der Waals surface area contributed by atoms with Crippen LogP contribution in [0.25, 0.3) is 0 Å². The van der Waals surface area contributed by atoms with Crippen LogP contribution in [0.3, 0.4) is 0 Å². The Kier molecular flexibility index (Phi) is 9.29. The third-order valence-electron chi connectivity index (χ3n) is 8.15. The van der Waals surface area contributed by atoms with E-state index >= 15 is 0 Å².